The maximum Gasteiger partial charge on any atom is 0.490 e. The number of phosphoric ester groups is 1. The van der Waals surface area contributed by atoms with Crippen molar-refractivity contribution in [3.63, 3.8) is 0 Å². The molecule has 1 saturated heterocycles. The molecule has 8 N–H and O–H groups in total. The van der Waals surface area contributed by atoms with Crippen LogP contribution in [0.5, 0.6) is 0 Å². The summed E-state index contributed by atoms with van der Waals surface area (Å²) in [5, 5.41) is 21.1. The molecule has 0 amide bonds. The van der Waals surface area contributed by atoms with E-state index in [0.29, 0.717) is 4.57 Å². The first kappa shape index (κ1) is 28.7. The second-order valence-corrected chi connectivity index (χ2v) is 11.1. The minimum atomic E-state index is -5.79. The van der Waals surface area contributed by atoms with Crippen LogP contribution in [0.1, 0.15) is 20.1 Å². The van der Waals surface area contributed by atoms with Crippen molar-refractivity contribution in [2.45, 2.75) is 37.9 Å². The van der Waals surface area contributed by atoms with Gasteiger partial charge in [-0.2, -0.15) is 13.6 Å². The zero-order chi connectivity index (χ0) is 26.1. The van der Waals surface area contributed by atoms with E-state index in [2.05, 4.69) is 30.4 Å². The van der Waals surface area contributed by atoms with E-state index in [1.165, 1.54) is 6.92 Å². The van der Waals surface area contributed by atoms with Gasteiger partial charge >= 0.3 is 29.2 Å². The van der Waals surface area contributed by atoms with E-state index in [1.807, 2.05) is 0 Å². The number of nitrogens with zero attached hydrogens (tertiary/aromatic N) is 3. The molecular weight excluding hydrogens is 529 g/mol. The average Bonchev–Trinajstić information content (AvgIpc) is 2.90. The zero-order valence-corrected chi connectivity index (χ0v) is 20.0. The van der Waals surface area contributed by atoms with Crippen LogP contribution < -0.4 is 11.4 Å². The van der Waals surface area contributed by atoms with Crippen molar-refractivity contribution in [1.82, 2.24) is 14.5 Å². The molecule has 192 valence electrons. The first-order valence-electron chi connectivity index (χ1n) is 8.90. The molecule has 2 heterocycles. The number of hydrogen-bond donors (Lipinski definition) is 7. The third-order valence-electron chi connectivity index (χ3n) is 4.32. The summed E-state index contributed by atoms with van der Waals surface area (Å²) in [6, 6.07) is 0. The van der Waals surface area contributed by atoms with Crippen LogP contribution in [0.3, 0.4) is 0 Å². The van der Waals surface area contributed by atoms with Crippen molar-refractivity contribution in [1.29, 1.82) is 0 Å². The van der Waals surface area contributed by atoms with Gasteiger partial charge in [0.1, 0.15) is 6.33 Å². The highest BCUT2D eigenvalue weighted by Crippen LogP contribution is 2.66. The highest BCUT2D eigenvalue weighted by molar-refractivity contribution is 7.66. The molecule has 0 aliphatic carbocycles. The molecule has 0 bridgehead atoms. The summed E-state index contributed by atoms with van der Waals surface area (Å²) in [6.45, 7) is 1.53. The van der Waals surface area contributed by atoms with Crippen LogP contribution in [0.25, 0.3) is 0 Å². The van der Waals surface area contributed by atoms with Gasteiger partial charge in [-0.05, 0) is 13.8 Å². The normalized spacial score (nSPS) is 29.5. The van der Waals surface area contributed by atoms with Gasteiger partial charge < -0.3 is 40.3 Å². The van der Waals surface area contributed by atoms with Crippen molar-refractivity contribution in [3.05, 3.63) is 16.8 Å². The molecule has 0 spiro atoms. The molecule has 21 heteroatoms. The van der Waals surface area contributed by atoms with Crippen molar-refractivity contribution >= 4 is 29.4 Å². The minimum Gasteiger partial charge on any atom is -0.396 e. The lowest BCUT2D eigenvalue weighted by molar-refractivity contribution is -0.0873. The summed E-state index contributed by atoms with van der Waals surface area (Å²) in [5.74, 6) is 3.00. The number of aliphatic hydroxyl groups is 2. The highest BCUT2D eigenvalue weighted by atomic mass is 31.3. The van der Waals surface area contributed by atoms with Crippen LogP contribution in [0.15, 0.2) is 11.1 Å². The molecule has 0 saturated carbocycles. The molecule has 1 aromatic heterocycles. The van der Waals surface area contributed by atoms with Crippen LogP contribution >= 0.6 is 23.5 Å². The predicted octanol–water partition coefficient (Wildman–Crippen LogP) is -1.79. The lowest BCUT2D eigenvalue weighted by atomic mass is 9.84. The summed E-state index contributed by atoms with van der Waals surface area (Å²) >= 11 is 0. The lowest BCUT2D eigenvalue weighted by Crippen LogP contribution is -2.47. The molecule has 18 nitrogen and oxygen atoms in total. The SMILES string of the molecule is CC#CC1(O)C(CO)[C@@H]([C@@H](C)OP(=O)(O)OP(=O)(O)OP(=O)(O)O)O[C@H]1n1cnc(N)nc1=O. The van der Waals surface area contributed by atoms with Gasteiger partial charge in [-0.25, -0.2) is 23.5 Å². The van der Waals surface area contributed by atoms with E-state index in [1.54, 1.807) is 0 Å². The Hall–Kier alpha value is -1.54. The molecule has 0 aromatic carbocycles. The lowest BCUT2D eigenvalue weighted by Gasteiger charge is -2.29. The Bertz CT molecular complexity index is 1180. The maximum absolute atomic E-state index is 12.2. The van der Waals surface area contributed by atoms with E-state index in [-0.39, 0.29) is 5.95 Å². The fourth-order valence-corrected chi connectivity index (χ4v) is 6.38. The van der Waals surface area contributed by atoms with E-state index < -0.39 is 65.7 Å². The number of rotatable bonds is 9. The fourth-order valence-electron chi connectivity index (χ4n) is 3.18. The van der Waals surface area contributed by atoms with Crippen molar-refractivity contribution in [2.24, 2.45) is 5.92 Å². The molecular formula is C13H21N4O14P3. The van der Waals surface area contributed by atoms with E-state index >= 15 is 0 Å². The van der Waals surface area contributed by atoms with Gasteiger partial charge in [-0.1, -0.05) is 5.92 Å². The topological polar surface area (TPSA) is 283 Å². The second-order valence-electron chi connectivity index (χ2n) is 6.75. The average molecular weight is 550 g/mol. The van der Waals surface area contributed by atoms with Crippen molar-refractivity contribution < 1.29 is 61.4 Å². The predicted molar refractivity (Wildman–Crippen MR) is 108 cm³/mol. The first-order chi connectivity index (χ1) is 15.4. The number of nitrogen functional groups attached to an aromatic ring is 1. The summed E-state index contributed by atoms with van der Waals surface area (Å²) < 4.78 is 52.7. The van der Waals surface area contributed by atoms with Crippen molar-refractivity contribution in [2.75, 3.05) is 12.3 Å². The van der Waals surface area contributed by atoms with Gasteiger partial charge in [0.2, 0.25) is 5.95 Å². The van der Waals surface area contributed by atoms with Crippen LogP contribution in [0, 0.1) is 17.8 Å². The molecule has 1 aromatic rings. The molecule has 7 atom stereocenters. The third kappa shape index (κ3) is 6.78. The number of anilines is 1. The number of hydrogen-bond acceptors (Lipinski definition) is 13. The highest BCUT2D eigenvalue weighted by Gasteiger charge is 2.58. The Morgan fingerprint density at radius 1 is 1.26 bits per heavy atom. The Labute approximate surface area is 190 Å². The number of phosphoric acid groups is 3. The summed E-state index contributed by atoms with van der Waals surface area (Å²) in [6.07, 6.45) is -3.96. The van der Waals surface area contributed by atoms with E-state index in [9.17, 15) is 38.5 Å². The van der Waals surface area contributed by atoms with Gasteiger partial charge in [0.15, 0.2) is 11.8 Å². The number of aromatic nitrogens is 3. The summed E-state index contributed by atoms with van der Waals surface area (Å²) in [4.78, 5) is 55.5. The molecule has 34 heavy (non-hydrogen) atoms. The first-order valence-corrected chi connectivity index (χ1v) is 13.4. The smallest absolute Gasteiger partial charge is 0.396 e. The second kappa shape index (κ2) is 10.2. The zero-order valence-electron chi connectivity index (χ0n) is 17.3. The van der Waals surface area contributed by atoms with Gasteiger partial charge in [0.25, 0.3) is 0 Å². The van der Waals surface area contributed by atoms with Crippen LogP contribution in [-0.4, -0.2) is 68.7 Å². The standard InChI is InChI=1S/C13H21N4O14P3/c1-3-4-13(20)8(5-18)9(28-10(13)17-6-15-11(14)16-12(17)19)7(2)29-33(24,25)31-34(26,27)30-32(21,22)23/h6-10,18,20H,5H2,1-2H3,(H,24,25)(H,26,27)(H2,14,16,19)(H2,21,22,23)/t7-,8?,9-,10-,13?/m1/s1. The summed E-state index contributed by atoms with van der Waals surface area (Å²) in [5.41, 5.74) is 2.02. The van der Waals surface area contributed by atoms with E-state index in [0.717, 1.165) is 13.3 Å². The molecule has 2 rings (SSSR count). The van der Waals surface area contributed by atoms with Crippen LogP contribution in [0.4, 0.5) is 5.95 Å². The number of ether oxygens (including phenoxy) is 1. The largest absolute Gasteiger partial charge is 0.490 e. The number of nitrogens with two attached hydrogens (primary N) is 1. The van der Waals surface area contributed by atoms with Crippen LogP contribution in [0.2, 0.25) is 0 Å². The van der Waals surface area contributed by atoms with E-state index in [4.69, 9.17) is 24.8 Å². The monoisotopic (exact) mass is 550 g/mol. The Balaban J connectivity index is 2.37. The van der Waals surface area contributed by atoms with Crippen molar-refractivity contribution in [3.8, 4) is 11.8 Å². The Morgan fingerprint density at radius 2 is 1.88 bits per heavy atom. The van der Waals surface area contributed by atoms with Gasteiger partial charge in [0.05, 0.1) is 24.7 Å². The van der Waals surface area contributed by atoms with Gasteiger partial charge in [-0.15, -0.1) is 5.92 Å². The summed E-state index contributed by atoms with van der Waals surface area (Å²) in [7, 11) is -17.0. The molecule has 1 aliphatic rings. The van der Waals surface area contributed by atoms with Crippen LogP contribution in [-0.2, 0) is 31.6 Å². The maximum atomic E-state index is 12.2. The Morgan fingerprint density at radius 3 is 2.38 bits per heavy atom. The number of aliphatic hydroxyl groups excluding tert-OH is 1. The minimum absolute atomic E-state index is 0.388. The molecule has 1 aliphatic heterocycles. The van der Waals surface area contributed by atoms with Gasteiger partial charge in [-0.3, -0.25) is 9.09 Å². The Kier molecular flexibility index (Phi) is 8.62. The molecule has 0 radical (unpaired) electrons. The fraction of sp³-hybridized carbons (Fsp3) is 0.615. The molecule has 1 fully saturated rings. The quantitative estimate of drug-likeness (QED) is 0.132. The van der Waals surface area contributed by atoms with Gasteiger partial charge in [0, 0.05) is 0 Å². The molecule has 4 unspecified atom stereocenters. The third-order valence-corrected chi connectivity index (χ3v) is 8.25.